The van der Waals surface area contributed by atoms with Crippen LogP contribution >= 0.6 is 24.8 Å². The SMILES string of the molecule is C[Si](C)(C)C1=[C-]CC([Si](C)(C)C)=C1.C[Si](C)(C)C1=[C-]CC([Si](C)(C)C)=C1.Cl.Cl.[CH3-].[CH3-].[SiH2]=[Ti]. The average Bonchev–Trinajstić information content (AvgIpc) is 3.17. The van der Waals surface area contributed by atoms with E-state index in [2.05, 4.69) is 103 Å². The van der Waals surface area contributed by atoms with Gasteiger partial charge in [0.25, 0.3) is 0 Å². The van der Waals surface area contributed by atoms with Gasteiger partial charge in [-0.25, -0.2) is 22.5 Å². The summed E-state index contributed by atoms with van der Waals surface area (Å²) in [6.45, 7) is 29.0. The Morgan fingerprint density at radius 2 is 0.781 bits per heavy atom. The van der Waals surface area contributed by atoms with E-state index in [4.69, 9.17) is 0 Å². The predicted octanol–water partition coefficient (Wildman–Crippen LogP) is 8.43. The van der Waals surface area contributed by atoms with E-state index in [1.54, 1.807) is 20.8 Å². The number of rotatable bonds is 4. The van der Waals surface area contributed by atoms with Gasteiger partial charge in [0.1, 0.15) is 0 Å². The summed E-state index contributed by atoms with van der Waals surface area (Å²) in [5.74, 6) is 0. The van der Waals surface area contributed by atoms with Gasteiger partial charge in [0.2, 0.25) is 0 Å². The van der Waals surface area contributed by atoms with Crippen molar-refractivity contribution in [3.8, 4) is 0 Å². The fraction of sp³-hybridized carbons (Fsp3) is 0.583. The van der Waals surface area contributed by atoms with E-state index >= 15 is 0 Å². The molecule has 8 heteroatoms. The normalized spacial score (nSPS) is 15.2. The summed E-state index contributed by atoms with van der Waals surface area (Å²) in [4.78, 5) is 0. The molecule has 0 amide bonds. The third-order valence-corrected chi connectivity index (χ3v) is 13.5. The van der Waals surface area contributed by atoms with Gasteiger partial charge in [-0.2, -0.15) is 10.4 Å². The maximum absolute atomic E-state index is 3.57. The van der Waals surface area contributed by atoms with Crippen LogP contribution in [0.5, 0.6) is 0 Å². The molecule has 0 aromatic rings. The molecule has 0 spiro atoms. The predicted molar refractivity (Wildman–Crippen MR) is 168 cm³/mol. The van der Waals surface area contributed by atoms with E-state index in [0.717, 1.165) is 12.8 Å². The van der Waals surface area contributed by atoms with Crippen LogP contribution < -0.4 is 0 Å². The topological polar surface area (TPSA) is 0 Å². The third kappa shape index (κ3) is 15.4. The van der Waals surface area contributed by atoms with Crippen LogP contribution in [0.4, 0.5) is 0 Å². The molecule has 0 nitrogen and oxygen atoms in total. The van der Waals surface area contributed by atoms with Crippen LogP contribution in [0.25, 0.3) is 0 Å². The van der Waals surface area contributed by atoms with Crippen molar-refractivity contribution in [2.75, 3.05) is 0 Å². The summed E-state index contributed by atoms with van der Waals surface area (Å²) in [7, 11) is -2.42. The summed E-state index contributed by atoms with van der Waals surface area (Å²) < 4.78 is 0. The minimum absolute atomic E-state index is 0. The molecule has 0 N–H and O–H groups in total. The second kappa shape index (κ2) is 16.9. The first-order valence-electron chi connectivity index (χ1n) is 10.4. The minimum atomic E-state index is -1.09. The summed E-state index contributed by atoms with van der Waals surface area (Å²) >= 11 is 2.03. The number of allylic oxidation sites excluding steroid dienone is 8. The second-order valence-electron chi connectivity index (χ2n) is 11.9. The molecule has 0 fully saturated rings. The fourth-order valence-corrected chi connectivity index (χ4v) is 7.99. The van der Waals surface area contributed by atoms with Gasteiger partial charge in [0.15, 0.2) is 0 Å². The molecule has 2 aliphatic rings. The second-order valence-corrected chi connectivity index (χ2v) is 32.2. The Morgan fingerprint density at radius 3 is 0.875 bits per heavy atom. The van der Waals surface area contributed by atoms with Crippen molar-refractivity contribution in [1.29, 1.82) is 0 Å². The van der Waals surface area contributed by atoms with Gasteiger partial charge in [-0.1, -0.05) is 78.6 Å². The number of halogens is 2. The van der Waals surface area contributed by atoms with Crippen molar-refractivity contribution in [3.63, 3.8) is 0 Å². The molecule has 2 aliphatic carbocycles. The molecule has 2 rings (SSSR count). The fourth-order valence-electron chi connectivity index (χ4n) is 2.86. The molecule has 0 aromatic carbocycles. The van der Waals surface area contributed by atoms with Crippen LogP contribution in [-0.2, 0) is 19.2 Å². The maximum atomic E-state index is 3.57. The first-order valence-corrected chi connectivity index (χ1v) is 28.4. The first-order chi connectivity index (χ1) is 12.4. The molecular weight excluding hydrogens is 547 g/mol. The van der Waals surface area contributed by atoms with Gasteiger partial charge in [0.05, 0.1) is 16.1 Å². The zero-order valence-corrected chi connectivity index (χ0v) is 32.2. The van der Waals surface area contributed by atoms with E-state index in [-0.39, 0.29) is 39.7 Å². The van der Waals surface area contributed by atoms with Crippen LogP contribution in [0.15, 0.2) is 32.9 Å². The summed E-state index contributed by atoms with van der Waals surface area (Å²) in [6.07, 6.45) is 14.3. The van der Waals surface area contributed by atoms with Gasteiger partial charge in [-0.05, 0) is 0 Å². The van der Waals surface area contributed by atoms with Gasteiger partial charge >= 0.3 is 26.8 Å². The van der Waals surface area contributed by atoms with Gasteiger partial charge < -0.3 is 14.9 Å². The molecule has 0 aliphatic heterocycles. The Hall–Kier alpha value is 1.34. The molecule has 0 heterocycles. The van der Waals surface area contributed by atoms with E-state index in [1.807, 2.05) is 26.8 Å². The van der Waals surface area contributed by atoms with Crippen molar-refractivity contribution in [2.24, 2.45) is 0 Å². The van der Waals surface area contributed by atoms with Crippen LogP contribution in [-0.4, -0.2) is 39.9 Å². The Labute approximate surface area is 233 Å². The van der Waals surface area contributed by atoms with E-state index in [9.17, 15) is 0 Å². The molecule has 0 radical (unpaired) electrons. The van der Waals surface area contributed by atoms with E-state index < -0.39 is 32.3 Å². The first kappa shape index (κ1) is 43.4. The van der Waals surface area contributed by atoms with Crippen molar-refractivity contribution in [3.05, 3.63) is 59.9 Å². The zero-order valence-electron chi connectivity index (χ0n) is 23.6. The molecular formula is C24H52Cl2Si5Ti-4. The van der Waals surface area contributed by atoms with Crippen molar-refractivity contribution in [2.45, 2.75) is 91.4 Å². The Kier molecular flexibility index (Phi) is 22.9. The Morgan fingerprint density at radius 1 is 0.562 bits per heavy atom. The average molecular weight is 600 g/mol. The van der Waals surface area contributed by atoms with Crippen molar-refractivity contribution < 1.29 is 19.2 Å². The van der Waals surface area contributed by atoms with Gasteiger partial charge in [-0.3, -0.25) is 12.2 Å². The van der Waals surface area contributed by atoms with E-state index in [0.29, 0.717) is 0 Å². The summed E-state index contributed by atoms with van der Waals surface area (Å²) in [6, 6.07) is 0. The third-order valence-electron chi connectivity index (χ3n) is 5.12. The molecule has 32 heavy (non-hydrogen) atoms. The quantitative estimate of drug-likeness (QED) is 0.225. The van der Waals surface area contributed by atoms with Crippen LogP contribution in [0.1, 0.15) is 12.8 Å². The summed E-state index contributed by atoms with van der Waals surface area (Å²) in [5.41, 5.74) is 0. The molecule has 0 saturated heterocycles. The van der Waals surface area contributed by atoms with Crippen molar-refractivity contribution in [1.82, 2.24) is 0 Å². The number of hydrogen-bond donors (Lipinski definition) is 0. The molecule has 0 bridgehead atoms. The Balaban J connectivity index is -0.000000126. The van der Waals surface area contributed by atoms with Crippen LogP contribution in [0.2, 0.25) is 78.6 Å². The number of hydrogen-bond acceptors (Lipinski definition) is 0. The van der Waals surface area contributed by atoms with Gasteiger partial charge in [-0.15, -0.1) is 37.7 Å². The summed E-state index contributed by atoms with van der Waals surface area (Å²) in [5, 5.41) is 6.46. The standard InChI is InChI=1S/2C11H21Si2.2CH3.2ClH.H2Si.Ti/c2*1-12(2,3)10-7-8-11(9-10)13(4,5)6;;;;;;/h2*9H,7H2,1-6H3;2*1H3;2*1H;1H2;/q4*-1;;;;. The molecule has 190 valence electrons. The molecule has 0 unspecified atom stereocenters. The van der Waals surface area contributed by atoms with Crippen molar-refractivity contribution >= 4 is 64.7 Å². The van der Waals surface area contributed by atoms with Crippen LogP contribution in [0.3, 0.4) is 0 Å². The van der Waals surface area contributed by atoms with Gasteiger partial charge in [0, 0.05) is 16.1 Å². The Bertz CT molecular complexity index is 610. The zero-order chi connectivity index (χ0) is 22.6. The molecule has 0 atom stereocenters. The van der Waals surface area contributed by atoms with E-state index in [1.165, 1.54) is 0 Å². The monoisotopic (exact) mass is 598 g/mol. The van der Waals surface area contributed by atoms with Crippen LogP contribution in [0, 0.1) is 27.0 Å². The molecule has 0 aromatic heterocycles. The molecule has 0 saturated carbocycles.